The third-order valence-corrected chi connectivity index (χ3v) is 5.19. The van der Waals surface area contributed by atoms with Gasteiger partial charge in [0.15, 0.2) is 6.10 Å². The summed E-state index contributed by atoms with van der Waals surface area (Å²) in [4.78, 5) is 25.9. The predicted octanol–water partition coefficient (Wildman–Crippen LogP) is 1.10. The molecular weight excluding hydrogens is 320 g/mol. The highest BCUT2D eigenvalue weighted by atomic mass is 16.6. The molecule has 0 radical (unpaired) electrons. The van der Waals surface area contributed by atoms with Gasteiger partial charge in [-0.05, 0) is 18.4 Å². The predicted molar refractivity (Wildman–Crippen MR) is 93.2 cm³/mol. The Kier molecular flexibility index (Phi) is 5.71. The monoisotopic (exact) mass is 346 g/mol. The molecule has 1 atom stereocenters. The van der Waals surface area contributed by atoms with Crippen molar-refractivity contribution < 1.29 is 19.1 Å². The lowest BCUT2D eigenvalue weighted by Crippen LogP contribution is -2.53. The molecular formula is C19H26N2O4. The molecule has 25 heavy (non-hydrogen) atoms. The summed E-state index contributed by atoms with van der Waals surface area (Å²) in [6.07, 6.45) is 1.15. The molecule has 6 nitrogen and oxygen atoms in total. The van der Waals surface area contributed by atoms with Gasteiger partial charge >= 0.3 is 0 Å². The maximum Gasteiger partial charge on any atom is 0.254 e. The minimum Gasteiger partial charge on any atom is -0.376 e. The number of hydrogen-bond donors (Lipinski definition) is 1. The lowest BCUT2D eigenvalue weighted by atomic mass is 9.72. The fraction of sp³-hybridized carbons (Fsp3) is 0.579. The Hall–Kier alpha value is -1.92. The third kappa shape index (κ3) is 4.19. The minimum absolute atomic E-state index is 0.0147. The number of likely N-dealkylation sites (tertiary alicyclic amines) is 1. The minimum atomic E-state index is -0.478. The van der Waals surface area contributed by atoms with Crippen LogP contribution in [0.25, 0.3) is 0 Å². The van der Waals surface area contributed by atoms with Gasteiger partial charge in [-0.3, -0.25) is 9.59 Å². The van der Waals surface area contributed by atoms with E-state index in [1.54, 1.807) is 0 Å². The largest absolute Gasteiger partial charge is 0.376 e. The zero-order chi connectivity index (χ0) is 17.7. The number of rotatable bonds is 4. The lowest BCUT2D eigenvalue weighted by molar-refractivity contribution is -0.159. The summed E-state index contributed by atoms with van der Waals surface area (Å²) in [6.45, 7) is 4.82. The summed E-state index contributed by atoms with van der Waals surface area (Å²) in [6, 6.07) is 10.3. The Labute approximate surface area is 148 Å². The number of ether oxygens (including phenoxy) is 2. The van der Waals surface area contributed by atoms with E-state index in [1.165, 1.54) is 12.5 Å². The Morgan fingerprint density at radius 3 is 2.52 bits per heavy atom. The maximum absolute atomic E-state index is 12.6. The van der Waals surface area contributed by atoms with E-state index >= 15 is 0 Å². The summed E-state index contributed by atoms with van der Waals surface area (Å²) >= 11 is 0. The summed E-state index contributed by atoms with van der Waals surface area (Å²) in [5.41, 5.74) is 1.08. The highest BCUT2D eigenvalue weighted by Crippen LogP contribution is 2.35. The molecule has 2 heterocycles. The fourth-order valence-corrected chi connectivity index (χ4v) is 3.64. The maximum atomic E-state index is 12.6. The molecule has 0 saturated carbocycles. The van der Waals surface area contributed by atoms with E-state index in [1.807, 2.05) is 23.1 Å². The van der Waals surface area contributed by atoms with E-state index in [4.69, 9.17) is 9.47 Å². The Morgan fingerprint density at radius 1 is 1.20 bits per heavy atom. The van der Waals surface area contributed by atoms with Gasteiger partial charge in [0.2, 0.25) is 5.91 Å². The second kappa shape index (κ2) is 7.97. The Bertz CT molecular complexity index is 591. The average molecular weight is 346 g/mol. The van der Waals surface area contributed by atoms with Crippen LogP contribution in [0.2, 0.25) is 0 Å². The second-order valence-electron chi connectivity index (χ2n) is 6.82. The number of carbonyl (C=O) groups excluding carboxylic acids is 2. The van der Waals surface area contributed by atoms with Gasteiger partial charge in [0.05, 0.1) is 19.8 Å². The first-order valence-corrected chi connectivity index (χ1v) is 8.89. The SMILES string of the molecule is CC(=O)NCC1(c2ccccc2)CCN(C(=O)C2COCCO2)CC1. The normalized spacial score (nSPS) is 23.1. The number of hydrogen-bond acceptors (Lipinski definition) is 4. The Balaban J connectivity index is 1.68. The van der Waals surface area contributed by atoms with Crippen LogP contribution in [0.3, 0.4) is 0 Å². The van der Waals surface area contributed by atoms with Gasteiger partial charge in [-0.15, -0.1) is 0 Å². The first-order chi connectivity index (χ1) is 12.1. The van der Waals surface area contributed by atoms with Gasteiger partial charge in [0, 0.05) is 32.0 Å². The zero-order valence-corrected chi connectivity index (χ0v) is 14.7. The average Bonchev–Trinajstić information content (AvgIpc) is 2.67. The molecule has 1 aromatic rings. The summed E-state index contributed by atoms with van der Waals surface area (Å²) in [5, 5.41) is 2.97. The van der Waals surface area contributed by atoms with Crippen molar-refractivity contribution in [3.05, 3.63) is 35.9 Å². The fourth-order valence-electron chi connectivity index (χ4n) is 3.64. The molecule has 0 spiro atoms. The van der Waals surface area contributed by atoms with Crippen molar-refractivity contribution in [3.8, 4) is 0 Å². The smallest absolute Gasteiger partial charge is 0.254 e. The van der Waals surface area contributed by atoms with Gasteiger partial charge in [0.25, 0.3) is 5.91 Å². The molecule has 3 rings (SSSR count). The third-order valence-electron chi connectivity index (χ3n) is 5.19. The van der Waals surface area contributed by atoms with Gasteiger partial charge in [-0.2, -0.15) is 0 Å². The summed E-state index contributed by atoms with van der Waals surface area (Å²) in [7, 11) is 0. The van der Waals surface area contributed by atoms with Crippen molar-refractivity contribution in [2.24, 2.45) is 0 Å². The molecule has 1 N–H and O–H groups in total. The molecule has 1 unspecified atom stereocenters. The Morgan fingerprint density at radius 2 is 1.92 bits per heavy atom. The van der Waals surface area contributed by atoms with Crippen LogP contribution in [-0.4, -0.2) is 62.3 Å². The molecule has 6 heteroatoms. The molecule has 0 aliphatic carbocycles. The second-order valence-corrected chi connectivity index (χ2v) is 6.82. The summed E-state index contributed by atoms with van der Waals surface area (Å²) < 4.78 is 10.9. The van der Waals surface area contributed by atoms with Gasteiger partial charge < -0.3 is 19.7 Å². The zero-order valence-electron chi connectivity index (χ0n) is 14.7. The van der Waals surface area contributed by atoms with Crippen LogP contribution in [0.5, 0.6) is 0 Å². The molecule has 2 saturated heterocycles. The van der Waals surface area contributed by atoms with Gasteiger partial charge in [0.1, 0.15) is 0 Å². The highest BCUT2D eigenvalue weighted by molar-refractivity contribution is 5.81. The van der Waals surface area contributed by atoms with Crippen molar-refractivity contribution in [2.45, 2.75) is 31.3 Å². The molecule has 0 aromatic heterocycles. The van der Waals surface area contributed by atoms with Crippen LogP contribution >= 0.6 is 0 Å². The van der Waals surface area contributed by atoms with Crippen molar-refractivity contribution in [3.63, 3.8) is 0 Å². The molecule has 1 aromatic carbocycles. The highest BCUT2D eigenvalue weighted by Gasteiger charge is 2.39. The van der Waals surface area contributed by atoms with Crippen molar-refractivity contribution in [1.82, 2.24) is 10.2 Å². The van der Waals surface area contributed by atoms with Crippen LogP contribution in [-0.2, 0) is 24.5 Å². The number of benzene rings is 1. The van der Waals surface area contributed by atoms with Crippen molar-refractivity contribution >= 4 is 11.8 Å². The quantitative estimate of drug-likeness (QED) is 0.886. The molecule has 0 bridgehead atoms. The number of carbonyl (C=O) groups is 2. The van der Waals surface area contributed by atoms with Crippen molar-refractivity contribution in [1.29, 1.82) is 0 Å². The number of amides is 2. The number of nitrogens with zero attached hydrogens (tertiary/aromatic N) is 1. The molecule has 2 amide bonds. The van der Waals surface area contributed by atoms with E-state index in [-0.39, 0.29) is 17.2 Å². The van der Waals surface area contributed by atoms with Crippen LogP contribution < -0.4 is 5.32 Å². The van der Waals surface area contributed by atoms with E-state index in [0.717, 1.165) is 12.8 Å². The number of piperidine rings is 1. The number of nitrogens with one attached hydrogen (secondary N) is 1. The van der Waals surface area contributed by atoms with E-state index in [2.05, 4.69) is 17.4 Å². The molecule has 2 aliphatic rings. The molecule has 2 fully saturated rings. The topological polar surface area (TPSA) is 67.9 Å². The van der Waals surface area contributed by atoms with Gasteiger partial charge in [-0.1, -0.05) is 30.3 Å². The summed E-state index contributed by atoms with van der Waals surface area (Å²) in [5.74, 6) is -0.0116. The first kappa shape index (κ1) is 17.9. The van der Waals surface area contributed by atoms with Crippen LogP contribution in [0.4, 0.5) is 0 Å². The van der Waals surface area contributed by atoms with E-state index in [0.29, 0.717) is 39.5 Å². The van der Waals surface area contributed by atoms with Crippen LogP contribution in [0.1, 0.15) is 25.3 Å². The molecule has 2 aliphatic heterocycles. The standard InChI is InChI=1S/C19H26N2O4/c1-15(22)20-14-19(16-5-3-2-4-6-16)7-9-21(10-8-19)18(23)17-13-24-11-12-25-17/h2-6,17H,7-14H2,1H3,(H,20,22). The lowest BCUT2D eigenvalue weighted by Gasteiger charge is -2.43. The van der Waals surface area contributed by atoms with Crippen LogP contribution in [0.15, 0.2) is 30.3 Å². The van der Waals surface area contributed by atoms with Gasteiger partial charge in [-0.25, -0.2) is 0 Å². The molecule has 136 valence electrons. The van der Waals surface area contributed by atoms with E-state index in [9.17, 15) is 9.59 Å². The first-order valence-electron chi connectivity index (χ1n) is 8.89. The van der Waals surface area contributed by atoms with Crippen LogP contribution in [0, 0.1) is 0 Å². The van der Waals surface area contributed by atoms with E-state index < -0.39 is 6.10 Å². The van der Waals surface area contributed by atoms with Crippen molar-refractivity contribution in [2.75, 3.05) is 39.5 Å².